The van der Waals surface area contributed by atoms with Gasteiger partial charge in [-0.2, -0.15) is 0 Å². The number of hydrogen-bond acceptors (Lipinski definition) is 1. The average molecular weight is 141 g/mol. The second kappa shape index (κ2) is 4.51. The van der Waals surface area contributed by atoms with E-state index >= 15 is 0 Å². The van der Waals surface area contributed by atoms with Crippen LogP contribution >= 0.6 is 0 Å². The van der Waals surface area contributed by atoms with Crippen molar-refractivity contribution in [3.8, 4) is 0 Å². The molecule has 0 radical (unpaired) electrons. The van der Waals surface area contributed by atoms with Gasteiger partial charge in [-0.25, -0.2) is 0 Å². The van der Waals surface area contributed by atoms with Gasteiger partial charge in [-0.1, -0.05) is 32.8 Å². The molecule has 60 valence electrons. The van der Waals surface area contributed by atoms with Gasteiger partial charge in [0.25, 0.3) is 0 Å². The normalized spacial score (nSPS) is 16.3. The van der Waals surface area contributed by atoms with Crippen molar-refractivity contribution in [3.63, 3.8) is 0 Å². The van der Waals surface area contributed by atoms with Gasteiger partial charge in [-0.05, 0) is 11.8 Å². The molecule has 10 heavy (non-hydrogen) atoms. The molecule has 0 aliphatic carbocycles. The first-order valence-corrected chi connectivity index (χ1v) is 4.02. The number of hydrogen-bond donors (Lipinski definition) is 1. The van der Waals surface area contributed by atoms with Gasteiger partial charge in [0, 0.05) is 6.54 Å². The van der Waals surface area contributed by atoms with Crippen LogP contribution in [0.25, 0.3) is 0 Å². The SMILES string of the molecule is C=CC(C)(CN)CCCC. The van der Waals surface area contributed by atoms with Gasteiger partial charge in [-0.15, -0.1) is 6.58 Å². The first kappa shape index (κ1) is 9.70. The summed E-state index contributed by atoms with van der Waals surface area (Å²) in [5.74, 6) is 0. The lowest BCUT2D eigenvalue weighted by Gasteiger charge is -2.22. The Labute approximate surface area is 64.3 Å². The number of unbranched alkanes of at least 4 members (excludes halogenated alkanes) is 1. The van der Waals surface area contributed by atoms with Crippen LogP contribution in [0.3, 0.4) is 0 Å². The second-order valence-electron chi connectivity index (χ2n) is 3.17. The van der Waals surface area contributed by atoms with Crippen LogP contribution in [-0.4, -0.2) is 6.54 Å². The maximum absolute atomic E-state index is 5.59. The summed E-state index contributed by atoms with van der Waals surface area (Å²) in [6, 6.07) is 0. The van der Waals surface area contributed by atoms with Crippen LogP contribution in [0.5, 0.6) is 0 Å². The van der Waals surface area contributed by atoms with E-state index in [-0.39, 0.29) is 5.41 Å². The Morgan fingerprint density at radius 3 is 2.50 bits per heavy atom. The molecular weight excluding hydrogens is 122 g/mol. The van der Waals surface area contributed by atoms with E-state index in [9.17, 15) is 0 Å². The van der Waals surface area contributed by atoms with Crippen LogP contribution in [-0.2, 0) is 0 Å². The molecular formula is C9H19N. The zero-order chi connectivity index (χ0) is 8.04. The zero-order valence-electron chi connectivity index (χ0n) is 7.19. The summed E-state index contributed by atoms with van der Waals surface area (Å²) in [5.41, 5.74) is 5.76. The van der Waals surface area contributed by atoms with Gasteiger partial charge in [0.05, 0.1) is 0 Å². The van der Waals surface area contributed by atoms with Crippen molar-refractivity contribution < 1.29 is 0 Å². The van der Waals surface area contributed by atoms with Gasteiger partial charge < -0.3 is 5.73 Å². The van der Waals surface area contributed by atoms with Crippen molar-refractivity contribution in [2.45, 2.75) is 33.1 Å². The minimum atomic E-state index is 0.177. The van der Waals surface area contributed by atoms with E-state index < -0.39 is 0 Å². The third-order valence-electron chi connectivity index (χ3n) is 2.06. The first-order valence-electron chi connectivity index (χ1n) is 4.02. The summed E-state index contributed by atoms with van der Waals surface area (Å²) in [6.07, 6.45) is 5.63. The molecule has 0 heterocycles. The molecule has 1 nitrogen and oxygen atoms in total. The van der Waals surface area contributed by atoms with Gasteiger partial charge in [0.1, 0.15) is 0 Å². The molecule has 1 heteroatoms. The summed E-state index contributed by atoms with van der Waals surface area (Å²) in [6.45, 7) is 8.85. The fourth-order valence-electron chi connectivity index (χ4n) is 0.868. The van der Waals surface area contributed by atoms with Gasteiger partial charge in [0.15, 0.2) is 0 Å². The largest absolute Gasteiger partial charge is 0.330 e. The van der Waals surface area contributed by atoms with Crippen molar-refractivity contribution in [2.75, 3.05) is 6.54 Å². The fraction of sp³-hybridized carbons (Fsp3) is 0.778. The maximum atomic E-state index is 5.59. The minimum Gasteiger partial charge on any atom is -0.330 e. The first-order chi connectivity index (χ1) is 4.68. The second-order valence-corrected chi connectivity index (χ2v) is 3.17. The molecule has 1 atom stereocenters. The predicted molar refractivity (Wildman–Crippen MR) is 46.9 cm³/mol. The zero-order valence-corrected chi connectivity index (χ0v) is 7.19. The van der Waals surface area contributed by atoms with E-state index in [0.717, 1.165) is 6.54 Å². The van der Waals surface area contributed by atoms with Crippen molar-refractivity contribution in [2.24, 2.45) is 11.1 Å². The quantitative estimate of drug-likeness (QED) is 0.584. The molecule has 0 aromatic carbocycles. The molecule has 0 saturated heterocycles. The van der Waals surface area contributed by atoms with E-state index in [1.807, 2.05) is 6.08 Å². The Kier molecular flexibility index (Phi) is 4.37. The maximum Gasteiger partial charge on any atom is 0.00114 e. The molecule has 0 aromatic heterocycles. The summed E-state index contributed by atoms with van der Waals surface area (Å²) >= 11 is 0. The van der Waals surface area contributed by atoms with Gasteiger partial charge >= 0.3 is 0 Å². The van der Waals surface area contributed by atoms with Gasteiger partial charge in [0.2, 0.25) is 0 Å². The predicted octanol–water partition coefficient (Wildman–Crippen LogP) is 2.33. The Hall–Kier alpha value is -0.300. The lowest BCUT2D eigenvalue weighted by Crippen LogP contribution is -2.24. The van der Waals surface area contributed by atoms with E-state index in [4.69, 9.17) is 5.73 Å². The molecule has 0 amide bonds. The molecule has 0 spiro atoms. The molecule has 0 aromatic rings. The molecule has 0 saturated carbocycles. The smallest absolute Gasteiger partial charge is 0.00114 e. The third-order valence-corrected chi connectivity index (χ3v) is 2.06. The summed E-state index contributed by atoms with van der Waals surface area (Å²) in [7, 11) is 0. The van der Waals surface area contributed by atoms with Crippen molar-refractivity contribution in [1.82, 2.24) is 0 Å². The van der Waals surface area contributed by atoms with E-state index in [0.29, 0.717) is 0 Å². The highest BCUT2D eigenvalue weighted by atomic mass is 14.6. The molecule has 0 aliphatic rings. The lowest BCUT2D eigenvalue weighted by molar-refractivity contribution is 0.389. The van der Waals surface area contributed by atoms with Crippen molar-refractivity contribution >= 4 is 0 Å². The van der Waals surface area contributed by atoms with Gasteiger partial charge in [-0.3, -0.25) is 0 Å². The van der Waals surface area contributed by atoms with E-state index in [1.54, 1.807) is 0 Å². The lowest BCUT2D eigenvalue weighted by atomic mass is 9.85. The molecule has 2 N–H and O–H groups in total. The summed E-state index contributed by atoms with van der Waals surface area (Å²) < 4.78 is 0. The highest BCUT2D eigenvalue weighted by Gasteiger charge is 2.16. The van der Waals surface area contributed by atoms with Crippen LogP contribution in [0.4, 0.5) is 0 Å². The Balaban J connectivity index is 3.68. The Morgan fingerprint density at radius 1 is 1.60 bits per heavy atom. The minimum absolute atomic E-state index is 0.177. The standard InChI is InChI=1S/C9H19N/c1-4-6-7-9(3,5-2)8-10/h5H,2,4,6-8,10H2,1,3H3. The molecule has 1 unspecified atom stereocenters. The van der Waals surface area contributed by atoms with Crippen LogP contribution < -0.4 is 5.73 Å². The van der Waals surface area contributed by atoms with Crippen molar-refractivity contribution in [3.05, 3.63) is 12.7 Å². The highest BCUT2D eigenvalue weighted by Crippen LogP contribution is 2.23. The summed E-state index contributed by atoms with van der Waals surface area (Å²) in [5, 5.41) is 0. The number of nitrogens with two attached hydrogens (primary N) is 1. The monoisotopic (exact) mass is 141 g/mol. The van der Waals surface area contributed by atoms with Crippen LogP contribution in [0, 0.1) is 5.41 Å². The molecule has 0 bridgehead atoms. The van der Waals surface area contributed by atoms with Crippen LogP contribution in [0.2, 0.25) is 0 Å². The van der Waals surface area contributed by atoms with Crippen molar-refractivity contribution in [1.29, 1.82) is 0 Å². The van der Waals surface area contributed by atoms with Crippen LogP contribution in [0.1, 0.15) is 33.1 Å². The number of rotatable bonds is 5. The molecule has 0 fully saturated rings. The summed E-state index contributed by atoms with van der Waals surface area (Å²) in [4.78, 5) is 0. The van der Waals surface area contributed by atoms with E-state index in [1.165, 1.54) is 19.3 Å². The highest BCUT2D eigenvalue weighted by molar-refractivity contribution is 4.91. The Bertz CT molecular complexity index is 98.9. The topological polar surface area (TPSA) is 26.0 Å². The Morgan fingerprint density at radius 2 is 2.20 bits per heavy atom. The third kappa shape index (κ3) is 3.02. The van der Waals surface area contributed by atoms with E-state index in [2.05, 4.69) is 20.4 Å². The fourth-order valence-corrected chi connectivity index (χ4v) is 0.868. The molecule has 0 rings (SSSR count). The molecule has 0 aliphatic heterocycles. The average Bonchev–Trinajstić information content (AvgIpc) is 2.00. The van der Waals surface area contributed by atoms with Crippen LogP contribution in [0.15, 0.2) is 12.7 Å².